The lowest BCUT2D eigenvalue weighted by Crippen LogP contribution is -2.41. The third kappa shape index (κ3) is 3.00. The molecule has 0 atom stereocenters. The van der Waals surface area contributed by atoms with E-state index in [1.54, 1.807) is 0 Å². The van der Waals surface area contributed by atoms with Crippen LogP contribution >= 0.6 is 11.3 Å². The van der Waals surface area contributed by atoms with E-state index >= 15 is 0 Å². The number of piperidine rings is 1. The summed E-state index contributed by atoms with van der Waals surface area (Å²) in [5.74, 6) is 0.745. The molecule has 1 aromatic rings. The second-order valence-electron chi connectivity index (χ2n) is 6.25. The van der Waals surface area contributed by atoms with Crippen LogP contribution < -0.4 is 10.2 Å². The SMILES string of the molecule is CNCc1sc(N(C)C2CCN(C)CC2)nc1C1CC1. The van der Waals surface area contributed by atoms with Gasteiger partial charge in [0.1, 0.15) is 0 Å². The second-order valence-corrected chi connectivity index (χ2v) is 7.32. The fraction of sp³-hybridized carbons (Fsp3) is 0.800. The third-order valence-electron chi connectivity index (χ3n) is 4.56. The molecular formula is C15H26N4S. The van der Waals surface area contributed by atoms with Gasteiger partial charge in [-0.2, -0.15) is 0 Å². The molecule has 0 radical (unpaired) electrons. The van der Waals surface area contributed by atoms with Crippen LogP contribution in [0, 0.1) is 0 Å². The van der Waals surface area contributed by atoms with E-state index < -0.39 is 0 Å². The van der Waals surface area contributed by atoms with E-state index in [0.717, 1.165) is 12.5 Å². The zero-order valence-corrected chi connectivity index (χ0v) is 13.7. The van der Waals surface area contributed by atoms with Gasteiger partial charge in [0.15, 0.2) is 5.13 Å². The van der Waals surface area contributed by atoms with Crippen molar-refractivity contribution in [1.82, 2.24) is 15.2 Å². The van der Waals surface area contributed by atoms with Gasteiger partial charge in [-0.05, 0) is 52.9 Å². The molecule has 3 rings (SSSR count). The lowest BCUT2D eigenvalue weighted by atomic mass is 10.0. The van der Waals surface area contributed by atoms with E-state index in [2.05, 4.69) is 29.2 Å². The van der Waals surface area contributed by atoms with E-state index in [1.165, 1.54) is 54.5 Å². The van der Waals surface area contributed by atoms with Gasteiger partial charge in [0.25, 0.3) is 0 Å². The quantitative estimate of drug-likeness (QED) is 0.903. The molecule has 1 aliphatic heterocycles. The van der Waals surface area contributed by atoms with Crippen molar-refractivity contribution in [2.24, 2.45) is 0 Å². The van der Waals surface area contributed by atoms with Crippen molar-refractivity contribution in [2.75, 3.05) is 39.1 Å². The Bertz CT molecular complexity index is 447. The van der Waals surface area contributed by atoms with Gasteiger partial charge < -0.3 is 15.1 Å². The molecule has 2 fully saturated rings. The minimum atomic E-state index is 0.659. The van der Waals surface area contributed by atoms with Crippen LogP contribution in [0.1, 0.15) is 42.2 Å². The maximum atomic E-state index is 4.98. The molecule has 0 unspecified atom stereocenters. The number of nitrogens with one attached hydrogen (secondary N) is 1. The van der Waals surface area contributed by atoms with Gasteiger partial charge in [0.2, 0.25) is 0 Å². The number of likely N-dealkylation sites (tertiary alicyclic amines) is 1. The van der Waals surface area contributed by atoms with Crippen LogP contribution in [-0.4, -0.2) is 50.2 Å². The standard InChI is InChI=1S/C15H26N4S/c1-16-10-13-14(11-4-5-11)17-15(20-13)19(3)12-6-8-18(2)9-7-12/h11-12,16H,4-10H2,1-3H3. The summed E-state index contributed by atoms with van der Waals surface area (Å²) in [5.41, 5.74) is 1.37. The molecule has 1 saturated carbocycles. The number of anilines is 1. The third-order valence-corrected chi connectivity index (χ3v) is 5.72. The molecule has 1 N–H and O–H groups in total. The largest absolute Gasteiger partial charge is 0.348 e. The van der Waals surface area contributed by atoms with Crippen molar-refractivity contribution in [2.45, 2.75) is 44.2 Å². The topological polar surface area (TPSA) is 31.4 Å². The molecule has 5 heteroatoms. The first kappa shape index (κ1) is 14.3. The molecule has 2 aliphatic rings. The average Bonchev–Trinajstić information content (AvgIpc) is 3.21. The highest BCUT2D eigenvalue weighted by atomic mass is 32.1. The summed E-state index contributed by atoms with van der Waals surface area (Å²) in [6, 6.07) is 0.659. The molecule has 0 amide bonds. The zero-order chi connectivity index (χ0) is 14.1. The summed E-state index contributed by atoms with van der Waals surface area (Å²) in [4.78, 5) is 11.3. The average molecular weight is 294 g/mol. The van der Waals surface area contributed by atoms with Gasteiger partial charge in [-0.1, -0.05) is 0 Å². The minimum absolute atomic E-state index is 0.659. The van der Waals surface area contributed by atoms with Crippen molar-refractivity contribution in [1.29, 1.82) is 0 Å². The summed E-state index contributed by atoms with van der Waals surface area (Å²) in [5, 5.41) is 4.52. The van der Waals surface area contributed by atoms with Crippen molar-refractivity contribution >= 4 is 16.5 Å². The number of hydrogen-bond acceptors (Lipinski definition) is 5. The van der Waals surface area contributed by atoms with Crippen LogP contribution in [-0.2, 0) is 6.54 Å². The molecule has 1 aliphatic carbocycles. The Balaban J connectivity index is 1.73. The molecule has 0 spiro atoms. The minimum Gasteiger partial charge on any atom is -0.348 e. The lowest BCUT2D eigenvalue weighted by Gasteiger charge is -2.34. The number of thiazole rings is 1. The molecule has 1 saturated heterocycles. The van der Waals surface area contributed by atoms with Gasteiger partial charge in [0, 0.05) is 30.4 Å². The number of aromatic nitrogens is 1. The molecular weight excluding hydrogens is 268 g/mol. The fourth-order valence-electron chi connectivity index (χ4n) is 3.00. The predicted molar refractivity (Wildman–Crippen MR) is 85.8 cm³/mol. The Morgan fingerprint density at radius 3 is 2.60 bits per heavy atom. The summed E-state index contributed by atoms with van der Waals surface area (Å²) < 4.78 is 0. The first-order chi connectivity index (χ1) is 9.69. The molecule has 2 heterocycles. The van der Waals surface area contributed by atoms with Gasteiger partial charge in [-0.25, -0.2) is 4.98 Å². The highest BCUT2D eigenvalue weighted by molar-refractivity contribution is 7.15. The second kappa shape index (κ2) is 6.00. The first-order valence-electron chi connectivity index (χ1n) is 7.74. The van der Waals surface area contributed by atoms with Crippen molar-refractivity contribution in [3.63, 3.8) is 0 Å². The highest BCUT2D eigenvalue weighted by Crippen LogP contribution is 2.44. The summed E-state index contributed by atoms with van der Waals surface area (Å²) in [7, 11) is 6.47. The van der Waals surface area contributed by atoms with Crippen LogP contribution in [0.25, 0.3) is 0 Å². The van der Waals surface area contributed by atoms with E-state index in [-0.39, 0.29) is 0 Å². The van der Waals surface area contributed by atoms with Crippen molar-refractivity contribution < 1.29 is 0 Å². The van der Waals surface area contributed by atoms with Crippen LogP contribution in [0.3, 0.4) is 0 Å². The maximum absolute atomic E-state index is 4.98. The van der Waals surface area contributed by atoms with Crippen LogP contribution in [0.15, 0.2) is 0 Å². The van der Waals surface area contributed by atoms with Crippen LogP contribution in [0.5, 0.6) is 0 Å². The number of nitrogens with zero attached hydrogens (tertiary/aromatic N) is 3. The van der Waals surface area contributed by atoms with Crippen molar-refractivity contribution in [3.05, 3.63) is 10.6 Å². The molecule has 4 nitrogen and oxygen atoms in total. The highest BCUT2D eigenvalue weighted by Gasteiger charge is 2.31. The Morgan fingerprint density at radius 2 is 2.00 bits per heavy atom. The predicted octanol–water partition coefficient (Wildman–Crippen LogP) is 2.27. The van der Waals surface area contributed by atoms with Gasteiger partial charge in [0.05, 0.1) is 5.69 Å². The number of rotatable bonds is 5. The number of hydrogen-bond donors (Lipinski definition) is 1. The smallest absolute Gasteiger partial charge is 0.185 e. The van der Waals surface area contributed by atoms with Gasteiger partial charge >= 0.3 is 0 Å². The molecule has 0 bridgehead atoms. The van der Waals surface area contributed by atoms with Gasteiger partial charge in [-0.3, -0.25) is 0 Å². The Hall–Kier alpha value is -0.650. The molecule has 20 heavy (non-hydrogen) atoms. The van der Waals surface area contributed by atoms with Crippen LogP contribution in [0.4, 0.5) is 5.13 Å². The van der Waals surface area contributed by atoms with Crippen LogP contribution in [0.2, 0.25) is 0 Å². The molecule has 1 aromatic heterocycles. The molecule has 0 aromatic carbocycles. The Labute approximate surface area is 126 Å². The lowest BCUT2D eigenvalue weighted by molar-refractivity contribution is 0.253. The first-order valence-corrected chi connectivity index (χ1v) is 8.56. The monoisotopic (exact) mass is 294 g/mol. The fourth-order valence-corrected chi connectivity index (χ4v) is 4.19. The van der Waals surface area contributed by atoms with E-state index in [0.29, 0.717) is 6.04 Å². The van der Waals surface area contributed by atoms with E-state index in [9.17, 15) is 0 Å². The van der Waals surface area contributed by atoms with Crippen molar-refractivity contribution in [3.8, 4) is 0 Å². The van der Waals surface area contributed by atoms with E-state index in [4.69, 9.17) is 4.98 Å². The normalized spacial score (nSPS) is 21.4. The maximum Gasteiger partial charge on any atom is 0.185 e. The summed E-state index contributed by atoms with van der Waals surface area (Å²) in [6.45, 7) is 3.38. The molecule has 112 valence electrons. The van der Waals surface area contributed by atoms with E-state index in [1.807, 2.05) is 18.4 Å². The van der Waals surface area contributed by atoms with Gasteiger partial charge in [-0.15, -0.1) is 11.3 Å². The Kier molecular flexibility index (Phi) is 4.29. The zero-order valence-electron chi connectivity index (χ0n) is 12.9. The summed E-state index contributed by atoms with van der Waals surface area (Å²) in [6.07, 6.45) is 5.18. The summed E-state index contributed by atoms with van der Waals surface area (Å²) >= 11 is 1.89. The Morgan fingerprint density at radius 1 is 1.30 bits per heavy atom.